The summed E-state index contributed by atoms with van der Waals surface area (Å²) in [7, 11) is 1.43. The first-order valence-electron chi connectivity index (χ1n) is 23.9. The third kappa shape index (κ3) is 12.9. The monoisotopic (exact) mass is 959 g/mol. The van der Waals surface area contributed by atoms with E-state index in [-0.39, 0.29) is 57.8 Å². The van der Waals surface area contributed by atoms with Gasteiger partial charge in [0.05, 0.1) is 23.0 Å². The summed E-state index contributed by atoms with van der Waals surface area (Å²) in [5.41, 5.74) is 22.6. The molecule has 6 rings (SSSR count). The summed E-state index contributed by atoms with van der Waals surface area (Å²) in [6.07, 6.45) is 6.08. The highest BCUT2D eigenvalue weighted by molar-refractivity contribution is 6.00. The van der Waals surface area contributed by atoms with Crippen LogP contribution in [0.4, 0.5) is 5.69 Å². The molecule has 4 aromatic rings. The highest BCUT2D eigenvalue weighted by Crippen LogP contribution is 2.40. The number of ether oxygens (including phenoxy) is 2. The highest BCUT2D eigenvalue weighted by atomic mass is 16.5. The van der Waals surface area contributed by atoms with Crippen LogP contribution in [0.2, 0.25) is 0 Å². The summed E-state index contributed by atoms with van der Waals surface area (Å²) < 4.78 is 12.2. The minimum atomic E-state index is -1.40. The summed E-state index contributed by atoms with van der Waals surface area (Å²) in [4.78, 5) is 83.9. The molecule has 1 aromatic heterocycles. The predicted octanol–water partition coefficient (Wildman–Crippen LogP) is 2.71. The van der Waals surface area contributed by atoms with Crippen molar-refractivity contribution < 1.29 is 33.4 Å². The van der Waals surface area contributed by atoms with E-state index in [1.54, 1.807) is 50.2 Å². The van der Waals surface area contributed by atoms with Gasteiger partial charge in [-0.1, -0.05) is 31.4 Å². The summed E-state index contributed by atoms with van der Waals surface area (Å²) in [6.45, 7) is 7.28. The third-order valence-corrected chi connectivity index (χ3v) is 12.5. The molecule has 5 amide bonds. The number of benzene rings is 3. The molecule has 3 heterocycles. The van der Waals surface area contributed by atoms with Crippen LogP contribution in [-0.2, 0) is 25.6 Å². The Morgan fingerprint density at radius 1 is 0.843 bits per heavy atom. The van der Waals surface area contributed by atoms with Crippen molar-refractivity contribution in [3.8, 4) is 40.1 Å². The van der Waals surface area contributed by atoms with Gasteiger partial charge in [0.25, 0.3) is 5.91 Å². The summed E-state index contributed by atoms with van der Waals surface area (Å²) in [6, 6.07) is 15.2. The second-order valence-corrected chi connectivity index (χ2v) is 17.6. The van der Waals surface area contributed by atoms with E-state index in [0.29, 0.717) is 51.0 Å². The van der Waals surface area contributed by atoms with Gasteiger partial charge in [-0.05, 0) is 106 Å². The van der Waals surface area contributed by atoms with Gasteiger partial charge in [-0.2, -0.15) is 5.26 Å². The molecule has 3 aromatic carbocycles. The molecule has 10 N–H and O–H groups in total. The lowest BCUT2D eigenvalue weighted by Gasteiger charge is -2.32. The number of amides is 5. The molecule has 19 heteroatoms. The molecule has 70 heavy (non-hydrogen) atoms. The second-order valence-electron chi connectivity index (χ2n) is 17.6. The third-order valence-electron chi connectivity index (χ3n) is 12.5. The van der Waals surface area contributed by atoms with Crippen LogP contribution in [0.15, 0.2) is 60.7 Å². The Labute approximate surface area is 409 Å². The zero-order chi connectivity index (χ0) is 50.3. The van der Waals surface area contributed by atoms with Crippen molar-refractivity contribution in [2.24, 2.45) is 17.2 Å². The molecular formula is C51H66N12O7. The summed E-state index contributed by atoms with van der Waals surface area (Å²) >= 11 is 0. The molecule has 372 valence electrons. The lowest BCUT2D eigenvalue weighted by atomic mass is 9.93. The number of hydrogen-bond donors (Lipinski definition) is 7. The van der Waals surface area contributed by atoms with Crippen molar-refractivity contribution in [3.63, 3.8) is 0 Å². The number of fused-ring (bicyclic) bond motifs is 5. The van der Waals surface area contributed by atoms with E-state index in [1.807, 2.05) is 18.2 Å². The zero-order valence-corrected chi connectivity index (χ0v) is 40.5. The van der Waals surface area contributed by atoms with Crippen molar-refractivity contribution in [2.75, 3.05) is 64.4 Å². The van der Waals surface area contributed by atoms with Gasteiger partial charge in [-0.15, -0.1) is 0 Å². The average molecular weight is 959 g/mol. The standard InChI is InChI=1S/C51H66N12O7/c1-31-44(32(2)58-46(57-31)35-11-14-37(15-12-35)63-24-8-6-5-7-9-25-63)49(66)60-40(18-19-52)51(68)62(4)45-36-13-17-43(70-27-22-55)39(30-36)38-28-34(10-16-42(38)69-26-21-54)29-41(48(65)56-23-20-53)61-47(64)33(3)59-50(45)67/h10-17,28,30,33,40-41,45H,5-9,18-19,21-27,29,52,54-55H2,1-4H3,(H,56,65)(H,59,67)(H,60,66)(H,61,64). The van der Waals surface area contributed by atoms with Crippen molar-refractivity contribution in [2.45, 2.75) is 89.9 Å². The Balaban J connectivity index is 1.34. The Kier molecular flexibility index (Phi) is 18.6. The van der Waals surface area contributed by atoms with Gasteiger partial charge < -0.3 is 57.7 Å². The van der Waals surface area contributed by atoms with Gasteiger partial charge in [0.2, 0.25) is 23.6 Å². The molecule has 0 saturated carbocycles. The number of hydrogen-bond acceptors (Lipinski definition) is 14. The van der Waals surface area contributed by atoms with Gasteiger partial charge in [-0.25, -0.2) is 9.97 Å². The molecule has 2 aliphatic heterocycles. The lowest BCUT2D eigenvalue weighted by molar-refractivity contribution is -0.141. The van der Waals surface area contributed by atoms with Gasteiger partial charge >= 0.3 is 0 Å². The normalized spacial score (nSPS) is 17.8. The molecule has 4 bridgehead atoms. The fourth-order valence-electron chi connectivity index (χ4n) is 8.86. The van der Waals surface area contributed by atoms with Crippen LogP contribution >= 0.6 is 0 Å². The van der Waals surface area contributed by atoms with Crippen molar-refractivity contribution in [1.82, 2.24) is 36.1 Å². The van der Waals surface area contributed by atoms with Gasteiger partial charge in [0.15, 0.2) is 5.82 Å². The quantitative estimate of drug-likeness (QED) is 0.0796. The number of nitriles is 1. The van der Waals surface area contributed by atoms with Crippen LogP contribution in [0.1, 0.15) is 84.4 Å². The smallest absolute Gasteiger partial charge is 0.255 e. The van der Waals surface area contributed by atoms with Crippen LogP contribution in [0.3, 0.4) is 0 Å². The van der Waals surface area contributed by atoms with Crippen LogP contribution in [0.25, 0.3) is 22.5 Å². The molecule has 1 fully saturated rings. The zero-order valence-electron chi connectivity index (χ0n) is 40.5. The van der Waals surface area contributed by atoms with E-state index in [9.17, 15) is 29.2 Å². The Bertz CT molecular complexity index is 2520. The van der Waals surface area contributed by atoms with Crippen molar-refractivity contribution in [1.29, 1.82) is 5.26 Å². The second kappa shape index (κ2) is 24.9. The number of aryl methyl sites for hydroxylation is 2. The van der Waals surface area contributed by atoms with Gasteiger partial charge in [0.1, 0.15) is 55.4 Å². The first-order chi connectivity index (χ1) is 33.8. The molecule has 2 aliphatic rings. The SMILES string of the molecule is Cc1nc(-c2ccc(N3CCCCCCC3)cc2)nc(C)c1C(=O)NC(CCN)C(=O)N(C)C1C(=O)NC(C)C(=O)NC(C(=O)NCC#N)Cc2ccc(OCCN)c(c2)-c2cc1ccc2OCCN. The molecule has 4 unspecified atom stereocenters. The number of nitrogens with one attached hydrogen (secondary N) is 4. The van der Waals surface area contributed by atoms with E-state index in [4.69, 9.17) is 36.6 Å². The van der Waals surface area contributed by atoms with E-state index in [0.717, 1.165) is 37.2 Å². The largest absolute Gasteiger partial charge is 0.492 e. The first kappa shape index (κ1) is 52.2. The van der Waals surface area contributed by atoms with Gasteiger partial charge in [-0.3, -0.25) is 24.0 Å². The van der Waals surface area contributed by atoms with Crippen molar-refractivity contribution >= 4 is 35.2 Å². The van der Waals surface area contributed by atoms with E-state index >= 15 is 0 Å². The van der Waals surface area contributed by atoms with Crippen LogP contribution < -0.4 is 52.8 Å². The topological polar surface area (TPSA) is 286 Å². The highest BCUT2D eigenvalue weighted by Gasteiger charge is 2.36. The Morgan fingerprint density at radius 3 is 2.07 bits per heavy atom. The van der Waals surface area contributed by atoms with E-state index in [1.165, 1.54) is 38.1 Å². The maximum Gasteiger partial charge on any atom is 0.255 e. The van der Waals surface area contributed by atoms with Gasteiger partial charge in [0, 0.05) is 62.0 Å². The maximum atomic E-state index is 14.8. The fraction of sp³-hybridized carbons (Fsp3) is 0.451. The number of likely N-dealkylation sites (N-methyl/N-ethyl adjacent to an activating group) is 1. The minimum Gasteiger partial charge on any atom is -0.492 e. The average Bonchev–Trinajstić information content (AvgIpc) is 3.33. The first-order valence-corrected chi connectivity index (χ1v) is 23.9. The lowest BCUT2D eigenvalue weighted by Crippen LogP contribution is -2.56. The fourth-order valence-corrected chi connectivity index (χ4v) is 8.86. The number of rotatable bonds is 16. The Hall–Kier alpha value is -7.14. The molecule has 0 radical (unpaired) electrons. The molecule has 19 nitrogen and oxygen atoms in total. The molecule has 4 atom stereocenters. The van der Waals surface area contributed by atoms with E-state index in [2.05, 4.69) is 38.3 Å². The van der Waals surface area contributed by atoms with Crippen LogP contribution in [-0.4, -0.2) is 122 Å². The number of anilines is 1. The number of aromatic nitrogens is 2. The maximum absolute atomic E-state index is 14.8. The van der Waals surface area contributed by atoms with Crippen molar-refractivity contribution in [3.05, 3.63) is 88.7 Å². The van der Waals surface area contributed by atoms with Crippen LogP contribution in [0, 0.1) is 25.2 Å². The molecule has 0 spiro atoms. The molecule has 1 saturated heterocycles. The number of nitrogens with zero attached hydrogens (tertiary/aromatic N) is 5. The Morgan fingerprint density at radius 2 is 1.46 bits per heavy atom. The minimum absolute atomic E-state index is 0.00176. The summed E-state index contributed by atoms with van der Waals surface area (Å²) in [5, 5.41) is 20.0. The number of carbonyl (C=O) groups is 5. The number of nitrogens with two attached hydrogens (primary N) is 3. The van der Waals surface area contributed by atoms with Crippen LogP contribution in [0.5, 0.6) is 11.5 Å². The molecular weight excluding hydrogens is 893 g/mol. The number of carbonyl (C=O) groups excluding carboxylic acids is 5. The van der Waals surface area contributed by atoms with E-state index < -0.39 is 53.7 Å². The predicted molar refractivity (Wildman–Crippen MR) is 266 cm³/mol. The summed E-state index contributed by atoms with van der Waals surface area (Å²) in [5.74, 6) is -2.08. The molecule has 0 aliphatic carbocycles.